The van der Waals surface area contributed by atoms with Gasteiger partial charge in [0.2, 0.25) is 0 Å². The minimum absolute atomic E-state index is 0.0281. The third kappa shape index (κ3) is 2.53. The number of piperidine rings is 1. The SMILES string of the molecule is Cc1c(C(=O)N2CCC[C@@H](C(=O)O)C2)sc2ccccc12. The molecule has 4 nitrogen and oxygen atoms in total. The van der Waals surface area contributed by atoms with E-state index in [1.165, 1.54) is 11.3 Å². The maximum Gasteiger partial charge on any atom is 0.308 e. The lowest BCUT2D eigenvalue weighted by Crippen LogP contribution is -2.42. The highest BCUT2D eigenvalue weighted by Gasteiger charge is 2.30. The number of thiophene rings is 1. The predicted molar refractivity (Wildman–Crippen MR) is 82.8 cm³/mol. The Labute approximate surface area is 127 Å². The van der Waals surface area contributed by atoms with Crippen molar-refractivity contribution in [2.75, 3.05) is 13.1 Å². The molecule has 0 aliphatic carbocycles. The van der Waals surface area contributed by atoms with Gasteiger partial charge in [0.05, 0.1) is 10.8 Å². The Hall–Kier alpha value is -1.88. The lowest BCUT2D eigenvalue weighted by atomic mass is 9.98. The molecule has 1 aliphatic rings. The van der Waals surface area contributed by atoms with Crippen molar-refractivity contribution >= 4 is 33.3 Å². The quantitative estimate of drug-likeness (QED) is 0.927. The van der Waals surface area contributed by atoms with Crippen LogP contribution in [0.25, 0.3) is 10.1 Å². The van der Waals surface area contributed by atoms with Gasteiger partial charge in [0.15, 0.2) is 0 Å². The molecular formula is C16H17NO3S. The van der Waals surface area contributed by atoms with Crippen molar-refractivity contribution in [2.45, 2.75) is 19.8 Å². The normalized spacial score (nSPS) is 18.9. The molecule has 0 saturated carbocycles. The minimum atomic E-state index is -0.805. The summed E-state index contributed by atoms with van der Waals surface area (Å²) in [6, 6.07) is 7.97. The van der Waals surface area contributed by atoms with Crippen LogP contribution in [0.4, 0.5) is 0 Å². The molecule has 0 spiro atoms. The molecule has 1 aliphatic heterocycles. The Morgan fingerprint density at radius 1 is 1.33 bits per heavy atom. The van der Waals surface area contributed by atoms with Gasteiger partial charge in [0, 0.05) is 17.8 Å². The highest BCUT2D eigenvalue weighted by Crippen LogP contribution is 2.32. The van der Waals surface area contributed by atoms with E-state index in [9.17, 15) is 9.59 Å². The van der Waals surface area contributed by atoms with Crippen molar-refractivity contribution in [1.82, 2.24) is 4.90 Å². The summed E-state index contributed by atoms with van der Waals surface area (Å²) in [5.41, 5.74) is 0.998. The van der Waals surface area contributed by atoms with E-state index in [-0.39, 0.29) is 5.91 Å². The second-order valence-electron chi connectivity index (χ2n) is 5.48. The third-order valence-corrected chi connectivity index (χ3v) is 5.36. The molecule has 1 aromatic carbocycles. The first kappa shape index (κ1) is 14.1. The van der Waals surface area contributed by atoms with Crippen molar-refractivity contribution in [3.8, 4) is 0 Å². The van der Waals surface area contributed by atoms with Crippen molar-refractivity contribution in [2.24, 2.45) is 5.92 Å². The Morgan fingerprint density at radius 3 is 2.81 bits per heavy atom. The molecule has 2 heterocycles. The fourth-order valence-electron chi connectivity index (χ4n) is 2.89. The maximum atomic E-state index is 12.7. The van der Waals surface area contributed by atoms with Crippen LogP contribution in [0.1, 0.15) is 28.1 Å². The Bertz CT molecular complexity index is 707. The van der Waals surface area contributed by atoms with Gasteiger partial charge in [-0.1, -0.05) is 18.2 Å². The van der Waals surface area contributed by atoms with Gasteiger partial charge in [-0.15, -0.1) is 11.3 Å². The van der Waals surface area contributed by atoms with Crippen molar-refractivity contribution in [1.29, 1.82) is 0 Å². The van der Waals surface area contributed by atoms with Gasteiger partial charge in [-0.2, -0.15) is 0 Å². The van der Waals surface area contributed by atoms with Crippen LogP contribution in [-0.2, 0) is 4.79 Å². The second-order valence-corrected chi connectivity index (χ2v) is 6.53. The number of amides is 1. The zero-order chi connectivity index (χ0) is 15.0. The largest absolute Gasteiger partial charge is 0.481 e. The fourth-order valence-corrected chi connectivity index (χ4v) is 4.06. The summed E-state index contributed by atoms with van der Waals surface area (Å²) in [6.45, 7) is 2.93. The van der Waals surface area contributed by atoms with E-state index >= 15 is 0 Å². The maximum absolute atomic E-state index is 12.7. The van der Waals surface area contributed by atoms with E-state index in [1.807, 2.05) is 31.2 Å². The molecule has 21 heavy (non-hydrogen) atoms. The molecular weight excluding hydrogens is 286 g/mol. The van der Waals surface area contributed by atoms with Crippen molar-refractivity contribution in [3.05, 3.63) is 34.7 Å². The number of hydrogen-bond acceptors (Lipinski definition) is 3. The standard InChI is InChI=1S/C16H17NO3S/c1-10-12-6-2-3-7-13(12)21-14(10)15(18)17-8-4-5-11(9-17)16(19)20/h2-3,6-7,11H,4-5,8-9H2,1H3,(H,19,20)/t11-/m1/s1. The lowest BCUT2D eigenvalue weighted by Gasteiger charge is -2.30. The minimum Gasteiger partial charge on any atom is -0.481 e. The molecule has 1 aromatic heterocycles. The van der Waals surface area contributed by atoms with Gasteiger partial charge in [-0.25, -0.2) is 0 Å². The van der Waals surface area contributed by atoms with Crippen LogP contribution >= 0.6 is 11.3 Å². The van der Waals surface area contributed by atoms with E-state index in [4.69, 9.17) is 5.11 Å². The highest BCUT2D eigenvalue weighted by molar-refractivity contribution is 7.21. The van der Waals surface area contributed by atoms with E-state index in [0.29, 0.717) is 19.5 Å². The number of hydrogen-bond donors (Lipinski definition) is 1. The lowest BCUT2D eigenvalue weighted by molar-refractivity contribution is -0.143. The fraction of sp³-hybridized carbons (Fsp3) is 0.375. The first-order valence-corrected chi connectivity index (χ1v) is 7.90. The monoisotopic (exact) mass is 303 g/mol. The van der Waals surface area contributed by atoms with Crippen LogP contribution in [0.15, 0.2) is 24.3 Å². The Balaban J connectivity index is 1.90. The van der Waals surface area contributed by atoms with Crippen LogP contribution in [0.3, 0.4) is 0 Å². The molecule has 2 aromatic rings. The number of aryl methyl sites for hydroxylation is 1. The summed E-state index contributed by atoms with van der Waals surface area (Å²) in [7, 11) is 0. The summed E-state index contributed by atoms with van der Waals surface area (Å²) in [5.74, 6) is -1.27. The van der Waals surface area contributed by atoms with Crippen LogP contribution in [0.5, 0.6) is 0 Å². The molecule has 0 unspecified atom stereocenters. The number of fused-ring (bicyclic) bond motifs is 1. The van der Waals surface area contributed by atoms with E-state index in [2.05, 4.69) is 0 Å². The van der Waals surface area contributed by atoms with E-state index < -0.39 is 11.9 Å². The number of carbonyl (C=O) groups excluding carboxylic acids is 1. The molecule has 0 bridgehead atoms. The van der Waals surface area contributed by atoms with Crippen molar-refractivity contribution < 1.29 is 14.7 Å². The summed E-state index contributed by atoms with van der Waals surface area (Å²) in [5, 5.41) is 10.3. The number of likely N-dealkylation sites (tertiary alicyclic amines) is 1. The number of carbonyl (C=O) groups is 2. The molecule has 1 amide bonds. The van der Waals surface area contributed by atoms with Gasteiger partial charge in [0.1, 0.15) is 0 Å². The van der Waals surface area contributed by atoms with Crippen LogP contribution in [-0.4, -0.2) is 35.0 Å². The molecule has 1 fully saturated rings. The molecule has 1 atom stereocenters. The third-order valence-electron chi connectivity index (χ3n) is 4.10. The van der Waals surface area contributed by atoms with Crippen LogP contribution < -0.4 is 0 Å². The molecule has 5 heteroatoms. The Kier molecular flexibility index (Phi) is 3.68. The Morgan fingerprint density at radius 2 is 2.10 bits per heavy atom. The number of benzene rings is 1. The predicted octanol–water partition coefficient (Wildman–Crippen LogP) is 3.15. The first-order chi connectivity index (χ1) is 10.1. The number of rotatable bonds is 2. The summed E-state index contributed by atoms with van der Waals surface area (Å²) in [4.78, 5) is 26.3. The van der Waals surface area contributed by atoms with E-state index in [1.54, 1.807) is 4.90 Å². The van der Waals surface area contributed by atoms with Gasteiger partial charge in [0.25, 0.3) is 5.91 Å². The average molecular weight is 303 g/mol. The zero-order valence-corrected chi connectivity index (χ0v) is 12.7. The van der Waals surface area contributed by atoms with Crippen LogP contribution in [0.2, 0.25) is 0 Å². The zero-order valence-electron chi connectivity index (χ0n) is 11.8. The summed E-state index contributed by atoms with van der Waals surface area (Å²) >= 11 is 1.50. The van der Waals surface area contributed by atoms with Crippen LogP contribution in [0, 0.1) is 12.8 Å². The molecule has 3 rings (SSSR count). The van der Waals surface area contributed by atoms with Gasteiger partial charge in [-0.3, -0.25) is 9.59 Å². The van der Waals surface area contributed by atoms with Gasteiger partial charge < -0.3 is 10.0 Å². The average Bonchev–Trinajstić information content (AvgIpc) is 2.84. The highest BCUT2D eigenvalue weighted by atomic mass is 32.1. The van der Waals surface area contributed by atoms with Gasteiger partial charge >= 0.3 is 5.97 Å². The summed E-state index contributed by atoms with van der Waals surface area (Å²) < 4.78 is 1.10. The summed E-state index contributed by atoms with van der Waals surface area (Å²) in [6.07, 6.45) is 1.41. The van der Waals surface area contributed by atoms with E-state index in [0.717, 1.165) is 26.9 Å². The molecule has 1 saturated heterocycles. The number of nitrogens with zero attached hydrogens (tertiary/aromatic N) is 1. The number of aliphatic carboxylic acids is 1. The number of carboxylic acid groups (broad SMARTS) is 1. The molecule has 0 radical (unpaired) electrons. The van der Waals surface area contributed by atoms with Gasteiger partial charge in [-0.05, 0) is 36.8 Å². The van der Waals surface area contributed by atoms with Crippen molar-refractivity contribution in [3.63, 3.8) is 0 Å². The first-order valence-electron chi connectivity index (χ1n) is 7.08. The molecule has 110 valence electrons. The smallest absolute Gasteiger partial charge is 0.308 e. The number of carboxylic acids is 1. The second kappa shape index (κ2) is 5.48. The molecule has 1 N–H and O–H groups in total. The topological polar surface area (TPSA) is 57.6 Å².